The highest BCUT2D eigenvalue weighted by molar-refractivity contribution is 5.83. The highest BCUT2D eigenvalue weighted by Crippen LogP contribution is 2.19. The van der Waals surface area contributed by atoms with Crippen LogP contribution >= 0.6 is 0 Å². The Kier molecular flexibility index (Phi) is 7.43. The van der Waals surface area contributed by atoms with Crippen LogP contribution in [0.5, 0.6) is 5.75 Å². The Hall–Kier alpha value is -2.64. The van der Waals surface area contributed by atoms with Gasteiger partial charge in [0.2, 0.25) is 17.7 Å². The minimum atomic E-state index is -0.325. The number of carbonyl (C=O) groups excluding carboxylic acids is 3. The first kappa shape index (κ1) is 21.1. The molecule has 158 valence electrons. The number of ether oxygens (including phenoxy) is 1. The van der Waals surface area contributed by atoms with E-state index in [-0.39, 0.29) is 36.1 Å². The van der Waals surface area contributed by atoms with E-state index in [1.165, 1.54) is 24.3 Å². The second-order valence-corrected chi connectivity index (χ2v) is 7.51. The quantitative estimate of drug-likeness (QED) is 0.633. The largest absolute Gasteiger partial charge is 0.492 e. The van der Waals surface area contributed by atoms with E-state index in [2.05, 4.69) is 5.32 Å². The molecule has 1 atom stereocenters. The summed E-state index contributed by atoms with van der Waals surface area (Å²) >= 11 is 0. The van der Waals surface area contributed by atoms with Gasteiger partial charge in [-0.25, -0.2) is 4.39 Å². The van der Waals surface area contributed by atoms with Crippen molar-refractivity contribution < 1.29 is 23.5 Å². The maximum Gasteiger partial charge on any atom is 0.225 e. The average molecular weight is 405 g/mol. The highest BCUT2D eigenvalue weighted by atomic mass is 19.1. The monoisotopic (exact) mass is 405 g/mol. The Morgan fingerprint density at radius 3 is 2.55 bits per heavy atom. The van der Waals surface area contributed by atoms with Gasteiger partial charge >= 0.3 is 0 Å². The van der Waals surface area contributed by atoms with Crippen LogP contribution in [0.2, 0.25) is 0 Å². The molecule has 7 nitrogen and oxygen atoms in total. The first-order chi connectivity index (χ1) is 14.0. The molecule has 2 aliphatic heterocycles. The van der Waals surface area contributed by atoms with Crippen LogP contribution in [-0.4, -0.2) is 66.9 Å². The molecule has 2 fully saturated rings. The molecule has 1 N–H and O–H groups in total. The molecule has 0 aromatic heterocycles. The molecule has 0 aliphatic carbocycles. The van der Waals surface area contributed by atoms with Crippen molar-refractivity contribution >= 4 is 17.7 Å². The Balaban J connectivity index is 1.35. The number of benzene rings is 1. The fourth-order valence-electron chi connectivity index (χ4n) is 3.76. The van der Waals surface area contributed by atoms with Gasteiger partial charge in [0.05, 0.1) is 12.5 Å². The third-order valence-electron chi connectivity index (χ3n) is 5.38. The average Bonchev–Trinajstić information content (AvgIpc) is 3.12. The number of hydrogen-bond acceptors (Lipinski definition) is 4. The van der Waals surface area contributed by atoms with Gasteiger partial charge in [-0.3, -0.25) is 14.4 Å². The van der Waals surface area contributed by atoms with Gasteiger partial charge in [-0.05, 0) is 43.5 Å². The summed E-state index contributed by atoms with van der Waals surface area (Å²) in [5.74, 6) is 0.170. The van der Waals surface area contributed by atoms with E-state index in [0.717, 1.165) is 19.4 Å². The number of piperidine rings is 1. The predicted molar refractivity (Wildman–Crippen MR) is 105 cm³/mol. The molecule has 2 heterocycles. The molecule has 3 amide bonds. The van der Waals surface area contributed by atoms with Crippen molar-refractivity contribution in [1.82, 2.24) is 15.1 Å². The first-order valence-corrected chi connectivity index (χ1v) is 10.2. The Bertz CT molecular complexity index is 725. The Labute approximate surface area is 170 Å². The molecular formula is C21H28FN3O4. The van der Waals surface area contributed by atoms with Crippen molar-refractivity contribution in [2.45, 2.75) is 32.1 Å². The van der Waals surface area contributed by atoms with Gasteiger partial charge < -0.3 is 19.9 Å². The molecule has 0 bridgehead atoms. The lowest BCUT2D eigenvalue weighted by molar-refractivity contribution is -0.138. The lowest BCUT2D eigenvalue weighted by Crippen LogP contribution is -2.47. The van der Waals surface area contributed by atoms with Crippen molar-refractivity contribution in [3.05, 3.63) is 30.1 Å². The van der Waals surface area contributed by atoms with Crippen LogP contribution in [0, 0.1) is 11.7 Å². The second-order valence-electron chi connectivity index (χ2n) is 7.51. The molecule has 0 spiro atoms. The van der Waals surface area contributed by atoms with Gasteiger partial charge in [0.15, 0.2) is 0 Å². The van der Waals surface area contributed by atoms with Crippen LogP contribution in [-0.2, 0) is 14.4 Å². The Morgan fingerprint density at radius 1 is 1.10 bits per heavy atom. The minimum absolute atomic E-state index is 0.0708. The summed E-state index contributed by atoms with van der Waals surface area (Å²) in [6.07, 6.45) is 3.18. The number of nitrogens with zero attached hydrogens (tertiary/aromatic N) is 2. The molecule has 3 rings (SSSR count). The molecule has 8 heteroatoms. The third-order valence-corrected chi connectivity index (χ3v) is 5.38. The van der Waals surface area contributed by atoms with Crippen LogP contribution < -0.4 is 10.1 Å². The third kappa shape index (κ3) is 6.17. The fraction of sp³-hybridized carbons (Fsp3) is 0.571. The van der Waals surface area contributed by atoms with Gasteiger partial charge in [0, 0.05) is 39.0 Å². The maximum absolute atomic E-state index is 12.9. The standard InChI is InChI=1S/C21H28FN3O4/c22-17-5-7-18(8-6-17)29-14-10-23-21(28)16-4-9-20(27)25(15-16)13-2-12-24-11-1-3-19(24)26/h5-8,16H,1-4,9-15H2,(H,23,28)/t16-/m1/s1. The SMILES string of the molecule is O=C(NCCOc1ccc(F)cc1)[C@@H]1CCC(=O)N(CCCN2CCCC2=O)C1. The normalized spacial score (nSPS) is 19.6. The lowest BCUT2D eigenvalue weighted by Gasteiger charge is -2.32. The van der Waals surface area contributed by atoms with Gasteiger partial charge in [-0.1, -0.05) is 0 Å². The summed E-state index contributed by atoms with van der Waals surface area (Å²) in [5, 5.41) is 2.85. The van der Waals surface area contributed by atoms with E-state index in [1.807, 2.05) is 4.90 Å². The molecule has 1 aromatic rings. The van der Waals surface area contributed by atoms with Crippen molar-refractivity contribution in [1.29, 1.82) is 0 Å². The van der Waals surface area contributed by atoms with Crippen molar-refractivity contribution in [3.63, 3.8) is 0 Å². The van der Waals surface area contributed by atoms with E-state index in [9.17, 15) is 18.8 Å². The topological polar surface area (TPSA) is 79.0 Å². The number of nitrogens with one attached hydrogen (secondary N) is 1. The van der Waals surface area contributed by atoms with Crippen molar-refractivity contribution in [2.24, 2.45) is 5.92 Å². The van der Waals surface area contributed by atoms with Crippen molar-refractivity contribution in [3.8, 4) is 5.75 Å². The van der Waals surface area contributed by atoms with E-state index in [0.29, 0.717) is 51.2 Å². The molecular weight excluding hydrogens is 377 g/mol. The smallest absolute Gasteiger partial charge is 0.225 e. The maximum atomic E-state index is 12.9. The molecule has 0 radical (unpaired) electrons. The van der Waals surface area contributed by atoms with Crippen LogP contribution in [0.25, 0.3) is 0 Å². The number of carbonyl (C=O) groups is 3. The zero-order valence-electron chi connectivity index (χ0n) is 16.6. The summed E-state index contributed by atoms with van der Waals surface area (Å²) in [6, 6.07) is 5.72. The number of halogens is 1. The van der Waals surface area contributed by atoms with Gasteiger partial charge in [-0.2, -0.15) is 0 Å². The number of rotatable bonds is 9. The predicted octanol–water partition coefficient (Wildman–Crippen LogP) is 1.57. The summed E-state index contributed by atoms with van der Waals surface area (Å²) in [5.41, 5.74) is 0. The summed E-state index contributed by atoms with van der Waals surface area (Å²) in [7, 11) is 0. The number of hydrogen-bond donors (Lipinski definition) is 1. The van der Waals surface area contributed by atoms with E-state index < -0.39 is 0 Å². The van der Waals surface area contributed by atoms with E-state index in [1.54, 1.807) is 4.90 Å². The number of likely N-dealkylation sites (tertiary alicyclic amines) is 2. The van der Waals surface area contributed by atoms with Gasteiger partial charge in [0.25, 0.3) is 0 Å². The Morgan fingerprint density at radius 2 is 1.83 bits per heavy atom. The van der Waals surface area contributed by atoms with Crippen LogP contribution in [0.15, 0.2) is 24.3 Å². The van der Waals surface area contributed by atoms with E-state index in [4.69, 9.17) is 4.74 Å². The lowest BCUT2D eigenvalue weighted by atomic mass is 9.96. The summed E-state index contributed by atoms with van der Waals surface area (Å²) in [6.45, 7) is 3.09. The highest BCUT2D eigenvalue weighted by Gasteiger charge is 2.30. The molecule has 2 saturated heterocycles. The van der Waals surface area contributed by atoms with Gasteiger partial charge in [-0.15, -0.1) is 0 Å². The molecule has 0 saturated carbocycles. The first-order valence-electron chi connectivity index (χ1n) is 10.2. The van der Waals surface area contributed by atoms with Crippen LogP contribution in [0.4, 0.5) is 4.39 Å². The summed E-state index contributed by atoms with van der Waals surface area (Å²) in [4.78, 5) is 39.8. The van der Waals surface area contributed by atoms with Crippen LogP contribution in [0.1, 0.15) is 32.1 Å². The zero-order valence-corrected chi connectivity index (χ0v) is 16.6. The molecule has 2 aliphatic rings. The summed E-state index contributed by atoms with van der Waals surface area (Å²) < 4.78 is 18.3. The van der Waals surface area contributed by atoms with E-state index >= 15 is 0 Å². The molecule has 1 aromatic carbocycles. The van der Waals surface area contributed by atoms with Crippen LogP contribution in [0.3, 0.4) is 0 Å². The second kappa shape index (κ2) is 10.2. The van der Waals surface area contributed by atoms with Crippen molar-refractivity contribution in [2.75, 3.05) is 39.3 Å². The fourth-order valence-corrected chi connectivity index (χ4v) is 3.76. The molecule has 29 heavy (non-hydrogen) atoms. The van der Waals surface area contributed by atoms with Gasteiger partial charge in [0.1, 0.15) is 18.2 Å². The zero-order chi connectivity index (χ0) is 20.6. The minimum Gasteiger partial charge on any atom is -0.492 e. The number of amides is 3. The molecule has 0 unspecified atom stereocenters.